The molecule has 0 radical (unpaired) electrons. The van der Waals surface area contributed by atoms with E-state index in [1.165, 1.54) is 4.31 Å². The summed E-state index contributed by atoms with van der Waals surface area (Å²) in [7, 11) is -3.77. The first-order chi connectivity index (χ1) is 13.4. The zero-order valence-electron chi connectivity index (χ0n) is 15.9. The van der Waals surface area contributed by atoms with Crippen molar-refractivity contribution >= 4 is 33.2 Å². The second kappa shape index (κ2) is 9.07. The van der Waals surface area contributed by atoms with E-state index in [1.807, 2.05) is 6.92 Å². The maximum Gasteiger partial charge on any atom is 0.243 e. The van der Waals surface area contributed by atoms with E-state index in [2.05, 4.69) is 5.32 Å². The molecule has 0 saturated heterocycles. The summed E-state index contributed by atoms with van der Waals surface area (Å²) >= 11 is 5.96. The smallest absolute Gasteiger partial charge is 0.243 e. The molecule has 2 aromatic carbocycles. The van der Waals surface area contributed by atoms with Gasteiger partial charge in [0.2, 0.25) is 15.9 Å². The Morgan fingerprint density at radius 3 is 2.43 bits per heavy atom. The number of nitrogens with zero attached hydrogens (tertiary/aromatic N) is 1. The topological polar surface area (TPSA) is 66.5 Å². The summed E-state index contributed by atoms with van der Waals surface area (Å²) in [6, 6.07) is 13.4. The van der Waals surface area contributed by atoms with Gasteiger partial charge in [-0.05, 0) is 50.1 Å². The third-order valence-corrected chi connectivity index (χ3v) is 7.17. The lowest BCUT2D eigenvalue weighted by molar-refractivity contribution is -0.116. The van der Waals surface area contributed by atoms with Gasteiger partial charge in [0.1, 0.15) is 0 Å². The molecular formula is C21H25ClN2O3S. The van der Waals surface area contributed by atoms with E-state index in [0.29, 0.717) is 10.7 Å². The van der Waals surface area contributed by atoms with Crippen molar-refractivity contribution in [2.45, 2.75) is 50.0 Å². The number of hydrogen-bond acceptors (Lipinski definition) is 3. The van der Waals surface area contributed by atoms with Crippen molar-refractivity contribution in [1.82, 2.24) is 4.31 Å². The Kier molecular flexibility index (Phi) is 6.75. The van der Waals surface area contributed by atoms with Crippen molar-refractivity contribution in [2.75, 3.05) is 11.9 Å². The third-order valence-electron chi connectivity index (χ3n) is 5.02. The summed E-state index contributed by atoms with van der Waals surface area (Å²) in [5.74, 6) is -0.372. The molecule has 0 heterocycles. The standard InChI is InChI=1S/C21H25ClN2O3S/c1-16-10-12-20(13-11-16)28(26,27)24(19-8-3-2-4-9-19)15-21(25)23-18-7-5-6-17(22)14-18/h5-7,10-14,19H,2-4,8-9,15H2,1H3,(H,23,25). The highest BCUT2D eigenvalue weighted by molar-refractivity contribution is 7.89. The fourth-order valence-electron chi connectivity index (χ4n) is 3.53. The van der Waals surface area contributed by atoms with Crippen LogP contribution in [0.1, 0.15) is 37.7 Å². The van der Waals surface area contributed by atoms with Crippen LogP contribution >= 0.6 is 11.6 Å². The lowest BCUT2D eigenvalue weighted by Crippen LogP contribution is -2.45. The van der Waals surface area contributed by atoms with E-state index in [4.69, 9.17) is 11.6 Å². The van der Waals surface area contributed by atoms with Gasteiger partial charge in [-0.3, -0.25) is 4.79 Å². The van der Waals surface area contributed by atoms with Gasteiger partial charge in [0.15, 0.2) is 0 Å². The van der Waals surface area contributed by atoms with Crippen molar-refractivity contribution in [3.63, 3.8) is 0 Å². The molecule has 28 heavy (non-hydrogen) atoms. The number of carbonyl (C=O) groups is 1. The molecule has 2 aromatic rings. The summed E-state index contributed by atoms with van der Waals surface area (Å²) in [5.41, 5.74) is 1.54. The van der Waals surface area contributed by atoms with Crippen LogP contribution in [-0.2, 0) is 14.8 Å². The number of anilines is 1. The highest BCUT2D eigenvalue weighted by atomic mass is 35.5. The molecule has 1 fully saturated rings. The Labute approximate surface area is 171 Å². The zero-order valence-corrected chi connectivity index (χ0v) is 17.5. The van der Waals surface area contributed by atoms with Crippen LogP contribution in [0.4, 0.5) is 5.69 Å². The monoisotopic (exact) mass is 420 g/mol. The Morgan fingerprint density at radius 1 is 1.11 bits per heavy atom. The van der Waals surface area contributed by atoms with Crippen molar-refractivity contribution in [3.05, 3.63) is 59.1 Å². The number of hydrogen-bond donors (Lipinski definition) is 1. The number of rotatable bonds is 6. The first-order valence-corrected chi connectivity index (χ1v) is 11.3. The molecule has 0 aromatic heterocycles. The summed E-state index contributed by atoms with van der Waals surface area (Å²) < 4.78 is 28.0. The summed E-state index contributed by atoms with van der Waals surface area (Å²) in [5, 5.41) is 3.26. The Hall–Kier alpha value is -1.89. The second-order valence-corrected chi connectivity index (χ2v) is 9.54. The number of aryl methyl sites for hydroxylation is 1. The quantitative estimate of drug-likeness (QED) is 0.741. The highest BCUT2D eigenvalue weighted by Crippen LogP contribution is 2.28. The largest absolute Gasteiger partial charge is 0.325 e. The molecule has 1 saturated carbocycles. The number of halogens is 1. The number of carbonyl (C=O) groups excluding carboxylic acids is 1. The van der Waals surface area contributed by atoms with Crippen LogP contribution in [0.5, 0.6) is 0 Å². The summed E-state index contributed by atoms with van der Waals surface area (Å²) in [6.45, 7) is 1.70. The second-order valence-electron chi connectivity index (χ2n) is 7.21. The number of nitrogens with one attached hydrogen (secondary N) is 1. The Bertz CT molecular complexity index is 923. The SMILES string of the molecule is Cc1ccc(S(=O)(=O)N(CC(=O)Nc2cccc(Cl)c2)C2CCCCC2)cc1. The molecule has 0 unspecified atom stereocenters. The molecule has 0 aliphatic heterocycles. The average Bonchev–Trinajstić information content (AvgIpc) is 2.67. The van der Waals surface area contributed by atoms with E-state index in [0.717, 1.165) is 37.7 Å². The molecular weight excluding hydrogens is 396 g/mol. The van der Waals surface area contributed by atoms with Crippen LogP contribution in [0.3, 0.4) is 0 Å². The molecule has 5 nitrogen and oxygen atoms in total. The molecule has 0 spiro atoms. The van der Waals surface area contributed by atoms with E-state index in [9.17, 15) is 13.2 Å². The minimum Gasteiger partial charge on any atom is -0.325 e. The van der Waals surface area contributed by atoms with E-state index in [1.54, 1.807) is 48.5 Å². The Balaban J connectivity index is 1.84. The van der Waals surface area contributed by atoms with Crippen molar-refractivity contribution < 1.29 is 13.2 Å². The Morgan fingerprint density at radius 2 is 1.79 bits per heavy atom. The lowest BCUT2D eigenvalue weighted by atomic mass is 9.95. The van der Waals surface area contributed by atoms with Crippen molar-refractivity contribution in [3.8, 4) is 0 Å². The molecule has 0 bridgehead atoms. The van der Waals surface area contributed by atoms with Crippen molar-refractivity contribution in [2.24, 2.45) is 0 Å². The van der Waals surface area contributed by atoms with Crippen LogP contribution in [0.25, 0.3) is 0 Å². The molecule has 3 rings (SSSR count). The molecule has 7 heteroatoms. The van der Waals surface area contributed by atoms with Gasteiger partial charge >= 0.3 is 0 Å². The van der Waals surface area contributed by atoms with Gasteiger partial charge in [-0.2, -0.15) is 4.31 Å². The number of sulfonamides is 1. The summed E-state index contributed by atoms with van der Waals surface area (Å²) in [4.78, 5) is 12.9. The van der Waals surface area contributed by atoms with Crippen LogP contribution in [0, 0.1) is 6.92 Å². The number of amides is 1. The fraction of sp³-hybridized carbons (Fsp3) is 0.381. The normalized spacial score (nSPS) is 15.5. The van der Waals surface area contributed by atoms with E-state index >= 15 is 0 Å². The molecule has 1 aliphatic rings. The maximum atomic E-state index is 13.3. The van der Waals surface area contributed by atoms with Gasteiger partial charge in [-0.15, -0.1) is 0 Å². The van der Waals surface area contributed by atoms with Gasteiger partial charge < -0.3 is 5.32 Å². The molecule has 1 amide bonds. The predicted molar refractivity (Wildman–Crippen MR) is 112 cm³/mol. The first-order valence-electron chi connectivity index (χ1n) is 9.50. The third kappa shape index (κ3) is 5.13. The highest BCUT2D eigenvalue weighted by Gasteiger charge is 2.33. The van der Waals surface area contributed by atoms with Crippen molar-refractivity contribution in [1.29, 1.82) is 0 Å². The number of benzene rings is 2. The van der Waals surface area contributed by atoms with Gasteiger partial charge in [-0.25, -0.2) is 8.42 Å². The molecule has 1 N–H and O–H groups in total. The molecule has 150 valence electrons. The summed E-state index contributed by atoms with van der Waals surface area (Å²) in [6.07, 6.45) is 4.59. The minimum atomic E-state index is -3.77. The van der Waals surface area contributed by atoms with Crippen LogP contribution in [0.2, 0.25) is 5.02 Å². The minimum absolute atomic E-state index is 0.162. The lowest BCUT2D eigenvalue weighted by Gasteiger charge is -2.33. The molecule has 0 atom stereocenters. The first kappa shape index (κ1) is 20.8. The van der Waals surface area contributed by atoms with Gasteiger partial charge in [0, 0.05) is 16.8 Å². The maximum absolute atomic E-state index is 13.3. The van der Waals surface area contributed by atoms with Crippen LogP contribution in [0.15, 0.2) is 53.4 Å². The zero-order chi connectivity index (χ0) is 20.1. The van der Waals surface area contributed by atoms with Gasteiger partial charge in [0.05, 0.1) is 11.4 Å². The van der Waals surface area contributed by atoms with Gasteiger partial charge in [0.25, 0.3) is 0 Å². The van der Waals surface area contributed by atoms with Crippen LogP contribution < -0.4 is 5.32 Å². The predicted octanol–water partition coefficient (Wildman–Crippen LogP) is 4.61. The fourth-order valence-corrected chi connectivity index (χ4v) is 5.36. The molecule has 1 aliphatic carbocycles. The van der Waals surface area contributed by atoms with Crippen LogP contribution in [-0.4, -0.2) is 31.2 Å². The van der Waals surface area contributed by atoms with E-state index in [-0.39, 0.29) is 23.4 Å². The average molecular weight is 421 g/mol. The van der Waals surface area contributed by atoms with E-state index < -0.39 is 10.0 Å². The van der Waals surface area contributed by atoms with Gasteiger partial charge in [-0.1, -0.05) is 54.6 Å².